The topological polar surface area (TPSA) is 26.0 Å². The van der Waals surface area contributed by atoms with E-state index < -0.39 is 0 Å². The first-order valence-corrected chi connectivity index (χ1v) is 5.06. The summed E-state index contributed by atoms with van der Waals surface area (Å²) in [5.41, 5.74) is 6.42. The molecule has 0 atom stereocenters. The summed E-state index contributed by atoms with van der Waals surface area (Å²) in [4.78, 5) is 0. The van der Waals surface area contributed by atoms with Crippen molar-refractivity contribution in [3.63, 3.8) is 0 Å². The molecule has 0 unspecified atom stereocenters. The summed E-state index contributed by atoms with van der Waals surface area (Å²) in [6, 6.07) is 0. The summed E-state index contributed by atoms with van der Waals surface area (Å²) >= 11 is 0. The molecule has 0 aliphatic heterocycles. The van der Waals surface area contributed by atoms with E-state index in [2.05, 4.69) is 6.92 Å². The van der Waals surface area contributed by atoms with E-state index in [4.69, 9.17) is 5.73 Å². The zero-order chi connectivity index (χ0) is 8.16. The Bertz CT molecular complexity index is 101. The number of hydrogen-bond donors (Lipinski definition) is 1. The van der Waals surface area contributed by atoms with Gasteiger partial charge < -0.3 is 5.73 Å². The van der Waals surface area contributed by atoms with E-state index in [0.29, 0.717) is 0 Å². The molecule has 0 spiro atoms. The van der Waals surface area contributed by atoms with Crippen LogP contribution in [0, 0.1) is 0 Å². The summed E-state index contributed by atoms with van der Waals surface area (Å²) in [6.07, 6.45) is 10.6. The van der Waals surface area contributed by atoms with Gasteiger partial charge in [-0.05, 0) is 19.3 Å². The van der Waals surface area contributed by atoms with Crippen LogP contribution in [0.2, 0.25) is 0 Å². The Balaban J connectivity index is 2.37. The highest BCUT2D eigenvalue weighted by atomic mass is 14.7. The van der Waals surface area contributed by atoms with Crippen LogP contribution in [0.15, 0.2) is 0 Å². The minimum atomic E-state index is 0.195. The fraction of sp³-hybridized carbons (Fsp3) is 1.00. The smallest absolute Gasteiger partial charge is 0.0151 e. The van der Waals surface area contributed by atoms with Crippen molar-refractivity contribution in [2.45, 2.75) is 63.8 Å². The van der Waals surface area contributed by atoms with Gasteiger partial charge in [0.2, 0.25) is 0 Å². The molecule has 1 heteroatoms. The fourth-order valence-electron chi connectivity index (χ4n) is 1.96. The van der Waals surface area contributed by atoms with Gasteiger partial charge in [-0.2, -0.15) is 0 Å². The van der Waals surface area contributed by atoms with Crippen LogP contribution in [0.25, 0.3) is 0 Å². The minimum Gasteiger partial charge on any atom is -0.325 e. The van der Waals surface area contributed by atoms with Crippen LogP contribution in [0.5, 0.6) is 0 Å². The van der Waals surface area contributed by atoms with Crippen molar-refractivity contribution in [1.82, 2.24) is 0 Å². The standard InChI is InChI=1S/C10H21N/c1-2-10(11)8-6-4-3-5-7-9-10/h2-9,11H2,1H3. The maximum absolute atomic E-state index is 6.23. The largest absolute Gasteiger partial charge is 0.325 e. The molecule has 2 N–H and O–H groups in total. The summed E-state index contributed by atoms with van der Waals surface area (Å²) in [5.74, 6) is 0. The van der Waals surface area contributed by atoms with Gasteiger partial charge in [-0.1, -0.05) is 39.0 Å². The zero-order valence-corrected chi connectivity index (χ0v) is 7.73. The van der Waals surface area contributed by atoms with E-state index in [-0.39, 0.29) is 5.54 Å². The van der Waals surface area contributed by atoms with Gasteiger partial charge in [0.15, 0.2) is 0 Å². The van der Waals surface area contributed by atoms with Crippen molar-refractivity contribution in [3.05, 3.63) is 0 Å². The molecular formula is C10H21N. The first-order chi connectivity index (χ1) is 5.27. The SMILES string of the molecule is CCC1(N)CCCCCCC1. The van der Waals surface area contributed by atoms with Crippen molar-refractivity contribution in [3.8, 4) is 0 Å². The van der Waals surface area contributed by atoms with Gasteiger partial charge in [-0.3, -0.25) is 0 Å². The first-order valence-electron chi connectivity index (χ1n) is 5.06. The minimum absolute atomic E-state index is 0.195. The average molecular weight is 155 g/mol. The van der Waals surface area contributed by atoms with E-state index in [1.54, 1.807) is 0 Å². The molecule has 0 bridgehead atoms. The highest BCUT2D eigenvalue weighted by Crippen LogP contribution is 2.26. The summed E-state index contributed by atoms with van der Waals surface area (Å²) in [6.45, 7) is 2.22. The molecule has 0 radical (unpaired) electrons. The third kappa shape index (κ3) is 2.82. The molecule has 1 nitrogen and oxygen atoms in total. The number of hydrogen-bond acceptors (Lipinski definition) is 1. The Kier molecular flexibility index (Phi) is 3.38. The normalized spacial score (nSPS) is 25.6. The lowest BCUT2D eigenvalue weighted by molar-refractivity contribution is 0.307. The molecule has 1 rings (SSSR count). The van der Waals surface area contributed by atoms with Crippen LogP contribution in [0.4, 0.5) is 0 Å². The Morgan fingerprint density at radius 1 is 1.00 bits per heavy atom. The van der Waals surface area contributed by atoms with Gasteiger partial charge >= 0.3 is 0 Å². The quantitative estimate of drug-likeness (QED) is 0.619. The van der Waals surface area contributed by atoms with Gasteiger partial charge in [-0.25, -0.2) is 0 Å². The lowest BCUT2D eigenvalue weighted by atomic mass is 9.83. The van der Waals surface area contributed by atoms with Crippen molar-refractivity contribution in [1.29, 1.82) is 0 Å². The van der Waals surface area contributed by atoms with E-state index in [1.165, 1.54) is 44.9 Å². The molecule has 0 aromatic rings. The molecule has 0 aromatic heterocycles. The average Bonchev–Trinajstić information content (AvgIpc) is 1.98. The second-order valence-corrected chi connectivity index (χ2v) is 3.98. The van der Waals surface area contributed by atoms with Gasteiger partial charge in [0.25, 0.3) is 0 Å². The molecule has 0 saturated heterocycles. The Labute approximate surface area is 70.4 Å². The maximum atomic E-state index is 6.23. The second kappa shape index (κ2) is 4.10. The Morgan fingerprint density at radius 3 is 1.91 bits per heavy atom. The Hall–Kier alpha value is -0.0400. The molecule has 1 fully saturated rings. The predicted octanol–water partition coefficient (Wildman–Crippen LogP) is 2.84. The highest BCUT2D eigenvalue weighted by molar-refractivity contribution is 4.83. The molecule has 0 amide bonds. The van der Waals surface area contributed by atoms with Crippen molar-refractivity contribution in [2.75, 3.05) is 0 Å². The van der Waals surface area contributed by atoms with E-state index in [1.807, 2.05) is 0 Å². The lowest BCUT2D eigenvalue weighted by Crippen LogP contribution is -2.39. The van der Waals surface area contributed by atoms with Crippen LogP contribution >= 0.6 is 0 Å². The van der Waals surface area contributed by atoms with Gasteiger partial charge in [-0.15, -0.1) is 0 Å². The molecule has 0 heterocycles. The molecule has 66 valence electrons. The zero-order valence-electron chi connectivity index (χ0n) is 7.73. The van der Waals surface area contributed by atoms with Crippen molar-refractivity contribution < 1.29 is 0 Å². The Morgan fingerprint density at radius 2 is 1.45 bits per heavy atom. The first kappa shape index (κ1) is 9.05. The van der Waals surface area contributed by atoms with Crippen LogP contribution in [0.3, 0.4) is 0 Å². The fourth-order valence-corrected chi connectivity index (χ4v) is 1.96. The monoisotopic (exact) mass is 155 g/mol. The summed E-state index contributed by atoms with van der Waals surface area (Å²) < 4.78 is 0. The molecule has 0 aromatic carbocycles. The van der Waals surface area contributed by atoms with E-state index >= 15 is 0 Å². The third-order valence-corrected chi connectivity index (χ3v) is 3.05. The molecule has 11 heavy (non-hydrogen) atoms. The van der Waals surface area contributed by atoms with Gasteiger partial charge in [0, 0.05) is 5.54 Å². The summed E-state index contributed by atoms with van der Waals surface area (Å²) in [5, 5.41) is 0. The predicted molar refractivity (Wildman–Crippen MR) is 49.5 cm³/mol. The van der Waals surface area contributed by atoms with Crippen molar-refractivity contribution >= 4 is 0 Å². The van der Waals surface area contributed by atoms with E-state index in [0.717, 1.165) is 6.42 Å². The van der Waals surface area contributed by atoms with Gasteiger partial charge in [0.1, 0.15) is 0 Å². The third-order valence-electron chi connectivity index (χ3n) is 3.05. The number of rotatable bonds is 1. The van der Waals surface area contributed by atoms with Gasteiger partial charge in [0.05, 0.1) is 0 Å². The molecular weight excluding hydrogens is 134 g/mol. The summed E-state index contributed by atoms with van der Waals surface area (Å²) in [7, 11) is 0. The van der Waals surface area contributed by atoms with Crippen LogP contribution in [-0.4, -0.2) is 5.54 Å². The van der Waals surface area contributed by atoms with Crippen LogP contribution in [-0.2, 0) is 0 Å². The molecule has 1 saturated carbocycles. The molecule has 1 aliphatic carbocycles. The van der Waals surface area contributed by atoms with Crippen LogP contribution < -0.4 is 5.73 Å². The lowest BCUT2D eigenvalue weighted by Gasteiger charge is -2.30. The second-order valence-electron chi connectivity index (χ2n) is 3.98. The van der Waals surface area contributed by atoms with E-state index in [9.17, 15) is 0 Å². The van der Waals surface area contributed by atoms with Crippen LogP contribution in [0.1, 0.15) is 58.3 Å². The van der Waals surface area contributed by atoms with Crippen molar-refractivity contribution in [2.24, 2.45) is 5.73 Å². The number of nitrogens with two attached hydrogens (primary N) is 1. The highest BCUT2D eigenvalue weighted by Gasteiger charge is 2.22. The maximum Gasteiger partial charge on any atom is 0.0151 e. The molecule has 1 aliphatic rings.